The first-order valence-electron chi connectivity index (χ1n) is 19.3. The Morgan fingerprint density at radius 3 is 1.49 bits per heavy atom. The van der Waals surface area contributed by atoms with Crippen molar-refractivity contribution in [1.82, 2.24) is 9.97 Å². The summed E-state index contributed by atoms with van der Waals surface area (Å²) >= 11 is 0. The molecule has 0 aliphatic rings. The lowest BCUT2D eigenvalue weighted by molar-refractivity contribution is 0.667. The van der Waals surface area contributed by atoms with Crippen molar-refractivity contribution >= 4 is 43.6 Å². The van der Waals surface area contributed by atoms with Gasteiger partial charge in [-0.15, -0.1) is 0 Å². The van der Waals surface area contributed by atoms with Crippen LogP contribution in [0.4, 0.5) is 0 Å². The molecule has 57 heavy (non-hydrogen) atoms. The monoisotopic (exact) mass is 726 g/mol. The molecule has 0 bridgehead atoms. The molecule has 0 fully saturated rings. The maximum absolute atomic E-state index is 6.72. The molecule has 3 nitrogen and oxygen atoms in total. The summed E-state index contributed by atoms with van der Waals surface area (Å²) in [5.74, 6) is 0.671. The van der Waals surface area contributed by atoms with Crippen molar-refractivity contribution in [3.63, 3.8) is 0 Å². The van der Waals surface area contributed by atoms with Crippen molar-refractivity contribution < 1.29 is 4.42 Å². The first kappa shape index (κ1) is 32.8. The molecule has 0 amide bonds. The maximum atomic E-state index is 6.72. The Kier molecular flexibility index (Phi) is 7.82. The largest absolute Gasteiger partial charge is 0.452 e. The Morgan fingerprint density at radius 2 is 0.807 bits per heavy atom. The van der Waals surface area contributed by atoms with Gasteiger partial charge in [0.2, 0.25) is 0 Å². The molecule has 11 rings (SSSR count). The Morgan fingerprint density at radius 1 is 0.333 bits per heavy atom. The number of aromatic nitrogens is 2. The van der Waals surface area contributed by atoms with E-state index in [-0.39, 0.29) is 0 Å². The zero-order chi connectivity index (χ0) is 37.7. The molecule has 9 aromatic carbocycles. The van der Waals surface area contributed by atoms with Gasteiger partial charge in [-0.3, -0.25) is 0 Å². The van der Waals surface area contributed by atoms with Crippen molar-refractivity contribution in [2.45, 2.75) is 0 Å². The van der Waals surface area contributed by atoms with E-state index in [0.29, 0.717) is 11.4 Å². The third kappa shape index (κ3) is 5.85. The molecule has 0 aliphatic heterocycles. The van der Waals surface area contributed by atoms with Crippen LogP contribution in [0, 0.1) is 0 Å². The molecule has 0 saturated carbocycles. The van der Waals surface area contributed by atoms with E-state index in [1.807, 2.05) is 0 Å². The van der Waals surface area contributed by atoms with E-state index in [1.165, 1.54) is 27.8 Å². The number of hydrogen-bond donors (Lipinski definition) is 0. The van der Waals surface area contributed by atoms with E-state index in [4.69, 9.17) is 14.4 Å². The zero-order valence-corrected chi connectivity index (χ0v) is 30.9. The van der Waals surface area contributed by atoms with E-state index in [9.17, 15) is 0 Å². The number of fused-ring (bicyclic) bond motifs is 6. The van der Waals surface area contributed by atoms with Gasteiger partial charge in [0.1, 0.15) is 16.8 Å². The number of benzene rings is 9. The highest BCUT2D eigenvalue weighted by molar-refractivity contribution is 6.19. The van der Waals surface area contributed by atoms with Crippen LogP contribution in [0.1, 0.15) is 0 Å². The third-order valence-electron chi connectivity index (χ3n) is 11.0. The van der Waals surface area contributed by atoms with Gasteiger partial charge in [0.25, 0.3) is 0 Å². The lowest BCUT2D eigenvalue weighted by atomic mass is 9.92. The normalized spacial score (nSPS) is 11.5. The Balaban J connectivity index is 1.08. The first-order chi connectivity index (χ1) is 28.2. The van der Waals surface area contributed by atoms with Gasteiger partial charge in [0.05, 0.1) is 5.39 Å². The van der Waals surface area contributed by atoms with Gasteiger partial charge >= 0.3 is 0 Å². The van der Waals surface area contributed by atoms with Crippen LogP contribution in [0.2, 0.25) is 0 Å². The van der Waals surface area contributed by atoms with E-state index >= 15 is 0 Å². The number of rotatable bonds is 6. The van der Waals surface area contributed by atoms with Crippen LogP contribution >= 0.6 is 0 Å². The van der Waals surface area contributed by atoms with Crippen molar-refractivity contribution in [3.8, 4) is 67.2 Å². The second kappa shape index (κ2) is 13.6. The van der Waals surface area contributed by atoms with Crippen molar-refractivity contribution in [2.24, 2.45) is 0 Å². The lowest BCUT2D eigenvalue weighted by Crippen LogP contribution is -1.95. The molecule has 11 aromatic rings. The summed E-state index contributed by atoms with van der Waals surface area (Å²) in [6.45, 7) is 0. The molecular weight excluding hydrogens is 693 g/mol. The average Bonchev–Trinajstić information content (AvgIpc) is 3.68. The second-order valence-corrected chi connectivity index (χ2v) is 14.6. The summed E-state index contributed by atoms with van der Waals surface area (Å²) in [4.78, 5) is 10.6. The first-order valence-corrected chi connectivity index (χ1v) is 19.3. The van der Waals surface area contributed by atoms with Gasteiger partial charge in [0.15, 0.2) is 11.4 Å². The summed E-state index contributed by atoms with van der Waals surface area (Å²) < 4.78 is 6.72. The van der Waals surface area contributed by atoms with Crippen LogP contribution in [0.3, 0.4) is 0 Å². The van der Waals surface area contributed by atoms with Crippen LogP contribution in [-0.4, -0.2) is 9.97 Å². The highest BCUT2D eigenvalue weighted by atomic mass is 16.3. The van der Waals surface area contributed by atoms with Crippen LogP contribution in [0.25, 0.3) is 111 Å². The average molecular weight is 727 g/mol. The van der Waals surface area contributed by atoms with Crippen molar-refractivity contribution in [2.75, 3.05) is 0 Å². The molecular formula is C54H34N2O. The predicted molar refractivity (Wildman–Crippen MR) is 237 cm³/mol. The quantitative estimate of drug-likeness (QED) is 0.171. The van der Waals surface area contributed by atoms with Crippen LogP contribution < -0.4 is 0 Å². The van der Waals surface area contributed by atoms with E-state index in [0.717, 1.165) is 71.5 Å². The molecule has 0 spiro atoms. The molecule has 0 unspecified atom stereocenters. The number of nitrogens with zero attached hydrogens (tertiary/aromatic N) is 2. The van der Waals surface area contributed by atoms with Crippen molar-refractivity contribution in [3.05, 3.63) is 206 Å². The van der Waals surface area contributed by atoms with E-state index in [1.54, 1.807) is 0 Å². The van der Waals surface area contributed by atoms with Gasteiger partial charge < -0.3 is 4.42 Å². The fourth-order valence-electron chi connectivity index (χ4n) is 8.26. The smallest absolute Gasteiger partial charge is 0.180 e. The van der Waals surface area contributed by atoms with Crippen molar-refractivity contribution in [1.29, 1.82) is 0 Å². The number of furan rings is 1. The molecule has 0 radical (unpaired) electrons. The minimum absolute atomic E-state index is 0.671. The highest BCUT2D eigenvalue weighted by Gasteiger charge is 2.21. The van der Waals surface area contributed by atoms with Gasteiger partial charge in [-0.1, -0.05) is 170 Å². The molecule has 266 valence electrons. The standard InChI is InChI=1S/C54H34N2O/c1-3-14-35(15-4-1)43-32-44(36-16-5-2-6-17-36)34-45(33-43)41-23-11-21-39(30-41)40-22-12-24-42(31-40)51-53-52(50-47-26-10-8-19-38(47)28-29-49(50)57-53)56-54(55-51)48-27-13-20-37-18-7-9-25-46(37)48/h1-34H. The Hall–Kier alpha value is -7.62. The minimum Gasteiger partial charge on any atom is -0.452 e. The molecule has 0 atom stereocenters. The van der Waals surface area contributed by atoms with Gasteiger partial charge in [-0.05, 0) is 102 Å². The molecule has 2 heterocycles. The summed E-state index contributed by atoms with van der Waals surface area (Å²) in [6, 6.07) is 73.0. The maximum Gasteiger partial charge on any atom is 0.180 e. The fourth-order valence-corrected chi connectivity index (χ4v) is 8.26. The molecule has 2 aromatic heterocycles. The minimum atomic E-state index is 0.671. The predicted octanol–water partition coefficient (Wildman–Crippen LogP) is 14.7. The highest BCUT2D eigenvalue weighted by Crippen LogP contribution is 2.41. The summed E-state index contributed by atoms with van der Waals surface area (Å²) in [5, 5.41) is 5.52. The van der Waals surface area contributed by atoms with E-state index < -0.39 is 0 Å². The molecule has 3 heteroatoms. The van der Waals surface area contributed by atoms with Crippen LogP contribution in [0.15, 0.2) is 211 Å². The Bertz CT molecular complexity index is 3230. The van der Waals surface area contributed by atoms with Gasteiger partial charge in [0, 0.05) is 11.1 Å². The van der Waals surface area contributed by atoms with Gasteiger partial charge in [-0.2, -0.15) is 0 Å². The Labute approximate surface area is 330 Å². The summed E-state index contributed by atoms with van der Waals surface area (Å²) in [5.41, 5.74) is 14.3. The number of hydrogen-bond acceptors (Lipinski definition) is 3. The topological polar surface area (TPSA) is 38.9 Å². The summed E-state index contributed by atoms with van der Waals surface area (Å²) in [6.07, 6.45) is 0. The van der Waals surface area contributed by atoms with Gasteiger partial charge in [-0.25, -0.2) is 9.97 Å². The molecule has 0 aliphatic carbocycles. The van der Waals surface area contributed by atoms with E-state index in [2.05, 4.69) is 206 Å². The zero-order valence-electron chi connectivity index (χ0n) is 30.9. The van der Waals surface area contributed by atoms with Crippen LogP contribution in [-0.2, 0) is 0 Å². The summed E-state index contributed by atoms with van der Waals surface area (Å²) in [7, 11) is 0. The SMILES string of the molecule is c1ccc(-c2cc(-c3ccccc3)cc(-c3cccc(-c4cccc(-c5nc(-c6cccc7ccccc67)nc6c5oc5ccc7ccccc7c56)c4)c3)c2)cc1. The second-order valence-electron chi connectivity index (χ2n) is 14.6. The fraction of sp³-hybridized carbons (Fsp3) is 0. The van der Waals surface area contributed by atoms with Crippen LogP contribution in [0.5, 0.6) is 0 Å². The molecule has 0 N–H and O–H groups in total. The third-order valence-corrected chi connectivity index (χ3v) is 11.0. The lowest BCUT2D eigenvalue weighted by Gasteiger charge is -2.13. The molecule has 0 saturated heterocycles.